The number of rotatable bonds is 7. The number of methoxy groups -OCH3 is 2. The minimum absolute atomic E-state index is 0.000609. The number of nitrogens with one attached hydrogen (secondary N) is 2. The van der Waals surface area contributed by atoms with E-state index in [2.05, 4.69) is 15.3 Å². The van der Waals surface area contributed by atoms with Crippen molar-refractivity contribution in [1.82, 2.24) is 15.3 Å². The fraction of sp³-hybridized carbons (Fsp3) is 0.263. The van der Waals surface area contributed by atoms with Gasteiger partial charge in [-0.2, -0.15) is 0 Å². The Morgan fingerprint density at radius 3 is 2.68 bits per heavy atom. The Morgan fingerprint density at radius 1 is 1.08 bits per heavy atom. The third-order valence-electron chi connectivity index (χ3n) is 4.03. The van der Waals surface area contributed by atoms with Crippen molar-refractivity contribution in [3.63, 3.8) is 0 Å². The number of imidazole rings is 1. The number of amides is 1. The third kappa shape index (κ3) is 4.09. The van der Waals surface area contributed by atoms with Crippen LogP contribution in [-0.4, -0.2) is 36.6 Å². The van der Waals surface area contributed by atoms with Crippen LogP contribution in [0.25, 0.3) is 11.0 Å². The number of fused-ring (bicyclic) bond motifs is 1. The topological polar surface area (TPSA) is 76.2 Å². The van der Waals surface area contributed by atoms with Gasteiger partial charge in [-0.3, -0.25) is 4.79 Å². The zero-order valence-corrected chi connectivity index (χ0v) is 14.3. The van der Waals surface area contributed by atoms with Crippen LogP contribution in [0.2, 0.25) is 0 Å². The molecule has 2 N–H and O–H groups in total. The summed E-state index contributed by atoms with van der Waals surface area (Å²) in [7, 11) is 3.22. The Labute approximate surface area is 146 Å². The molecular weight excluding hydrogens is 318 g/mol. The average Bonchev–Trinajstić information content (AvgIpc) is 3.09. The molecule has 1 amide bonds. The van der Waals surface area contributed by atoms with Crippen molar-refractivity contribution >= 4 is 16.9 Å². The minimum atomic E-state index is -0.000609. The number of aromatic nitrogens is 2. The maximum atomic E-state index is 12.1. The number of carbonyl (C=O) groups excluding carboxylic acids is 1. The molecule has 0 unspecified atom stereocenters. The van der Waals surface area contributed by atoms with Gasteiger partial charge in [0, 0.05) is 6.54 Å². The first-order valence-electron chi connectivity index (χ1n) is 8.09. The summed E-state index contributed by atoms with van der Waals surface area (Å²) in [5.41, 5.74) is 3.88. The lowest BCUT2D eigenvalue weighted by atomic mass is 10.1. The van der Waals surface area contributed by atoms with Crippen LogP contribution in [0, 0.1) is 0 Å². The Morgan fingerprint density at radius 2 is 1.88 bits per heavy atom. The van der Waals surface area contributed by atoms with Crippen LogP contribution in [-0.2, 0) is 17.6 Å². The molecule has 3 rings (SSSR count). The van der Waals surface area contributed by atoms with Gasteiger partial charge < -0.3 is 19.8 Å². The van der Waals surface area contributed by atoms with Crippen molar-refractivity contribution in [2.45, 2.75) is 12.8 Å². The van der Waals surface area contributed by atoms with Gasteiger partial charge in [-0.05, 0) is 41.8 Å². The molecule has 0 aliphatic carbocycles. The second-order valence-corrected chi connectivity index (χ2v) is 5.72. The highest BCUT2D eigenvalue weighted by atomic mass is 16.5. The highest BCUT2D eigenvalue weighted by molar-refractivity contribution is 5.81. The van der Waals surface area contributed by atoms with Crippen LogP contribution < -0.4 is 14.8 Å². The van der Waals surface area contributed by atoms with Gasteiger partial charge in [-0.15, -0.1) is 0 Å². The van der Waals surface area contributed by atoms with Gasteiger partial charge in [-0.1, -0.05) is 12.1 Å². The maximum Gasteiger partial charge on any atom is 0.224 e. The summed E-state index contributed by atoms with van der Waals surface area (Å²) in [5, 5.41) is 2.95. The van der Waals surface area contributed by atoms with Crippen LogP contribution in [0.5, 0.6) is 11.5 Å². The lowest BCUT2D eigenvalue weighted by molar-refractivity contribution is -0.120. The van der Waals surface area contributed by atoms with Crippen LogP contribution in [0.1, 0.15) is 11.1 Å². The molecule has 0 aliphatic heterocycles. The molecule has 0 saturated heterocycles. The lowest BCUT2D eigenvalue weighted by Crippen LogP contribution is -2.27. The lowest BCUT2D eigenvalue weighted by Gasteiger charge is -2.10. The summed E-state index contributed by atoms with van der Waals surface area (Å²) in [6, 6.07) is 11.6. The quantitative estimate of drug-likeness (QED) is 0.693. The molecule has 0 spiro atoms. The van der Waals surface area contributed by atoms with E-state index in [1.807, 2.05) is 36.4 Å². The van der Waals surface area contributed by atoms with Gasteiger partial charge >= 0.3 is 0 Å². The number of nitrogens with zero attached hydrogens (tertiary/aromatic N) is 1. The highest BCUT2D eigenvalue weighted by Crippen LogP contribution is 2.27. The fourth-order valence-corrected chi connectivity index (χ4v) is 2.72. The van der Waals surface area contributed by atoms with Crippen molar-refractivity contribution in [3.8, 4) is 11.5 Å². The second kappa shape index (κ2) is 7.70. The van der Waals surface area contributed by atoms with Crippen molar-refractivity contribution < 1.29 is 14.3 Å². The monoisotopic (exact) mass is 339 g/mol. The van der Waals surface area contributed by atoms with Crippen LogP contribution in [0.15, 0.2) is 42.7 Å². The van der Waals surface area contributed by atoms with Gasteiger partial charge in [-0.25, -0.2) is 4.98 Å². The standard InChI is InChI=1S/C19H21N3O3/c1-24-17-6-4-13(10-18(17)25-2)7-8-20-19(23)11-14-3-5-15-16(9-14)22-12-21-15/h3-6,9-10,12H,7-8,11H2,1-2H3,(H,20,23)(H,21,22). The minimum Gasteiger partial charge on any atom is -0.493 e. The Balaban J connectivity index is 1.52. The molecular formula is C19H21N3O3. The number of ether oxygens (including phenoxy) is 2. The first kappa shape index (κ1) is 16.8. The van der Waals surface area contributed by atoms with Crippen LogP contribution in [0.4, 0.5) is 0 Å². The molecule has 1 aromatic heterocycles. The molecule has 0 radical (unpaired) electrons. The number of benzene rings is 2. The van der Waals surface area contributed by atoms with Crippen LogP contribution in [0.3, 0.4) is 0 Å². The predicted octanol–water partition coefficient (Wildman–Crippen LogP) is 2.48. The normalized spacial score (nSPS) is 10.6. The smallest absolute Gasteiger partial charge is 0.224 e. The van der Waals surface area contributed by atoms with E-state index < -0.39 is 0 Å². The summed E-state index contributed by atoms with van der Waals surface area (Å²) in [5.74, 6) is 1.39. The Bertz CT molecular complexity index is 873. The van der Waals surface area contributed by atoms with E-state index in [4.69, 9.17) is 9.47 Å². The third-order valence-corrected chi connectivity index (χ3v) is 4.03. The number of hydrogen-bond acceptors (Lipinski definition) is 4. The van der Waals surface area contributed by atoms with E-state index in [9.17, 15) is 4.79 Å². The van der Waals surface area contributed by atoms with E-state index in [0.717, 1.165) is 28.6 Å². The first-order valence-corrected chi connectivity index (χ1v) is 8.09. The summed E-state index contributed by atoms with van der Waals surface area (Å²) in [6.07, 6.45) is 2.73. The average molecular weight is 339 g/mol. The van der Waals surface area contributed by atoms with E-state index in [-0.39, 0.29) is 5.91 Å². The fourth-order valence-electron chi connectivity index (χ4n) is 2.72. The van der Waals surface area contributed by atoms with Crippen LogP contribution >= 0.6 is 0 Å². The Hall–Kier alpha value is -3.02. The van der Waals surface area contributed by atoms with E-state index >= 15 is 0 Å². The van der Waals surface area contributed by atoms with Gasteiger partial charge in [0.15, 0.2) is 11.5 Å². The van der Waals surface area contributed by atoms with Crippen molar-refractivity contribution in [3.05, 3.63) is 53.9 Å². The summed E-state index contributed by atoms with van der Waals surface area (Å²) in [4.78, 5) is 19.3. The van der Waals surface area contributed by atoms with Gasteiger partial charge in [0.25, 0.3) is 0 Å². The number of carbonyl (C=O) groups is 1. The maximum absolute atomic E-state index is 12.1. The summed E-state index contributed by atoms with van der Waals surface area (Å²) < 4.78 is 10.5. The zero-order chi connectivity index (χ0) is 17.6. The molecule has 3 aromatic rings. The summed E-state index contributed by atoms with van der Waals surface area (Å²) >= 11 is 0. The molecule has 0 atom stereocenters. The first-order chi connectivity index (χ1) is 12.2. The number of aromatic amines is 1. The molecule has 0 fully saturated rings. The molecule has 0 aliphatic rings. The molecule has 25 heavy (non-hydrogen) atoms. The molecule has 1 heterocycles. The highest BCUT2D eigenvalue weighted by Gasteiger charge is 2.07. The Kier molecular flexibility index (Phi) is 5.18. The summed E-state index contributed by atoms with van der Waals surface area (Å²) in [6.45, 7) is 0.570. The van der Waals surface area contributed by atoms with Crippen molar-refractivity contribution in [1.29, 1.82) is 0 Å². The second-order valence-electron chi connectivity index (χ2n) is 5.72. The molecule has 0 bridgehead atoms. The van der Waals surface area contributed by atoms with Crippen molar-refractivity contribution in [2.24, 2.45) is 0 Å². The van der Waals surface area contributed by atoms with E-state index in [1.165, 1.54) is 0 Å². The van der Waals surface area contributed by atoms with E-state index in [0.29, 0.717) is 24.5 Å². The number of H-pyrrole nitrogens is 1. The SMILES string of the molecule is COc1ccc(CCNC(=O)Cc2ccc3nc[nH]c3c2)cc1OC. The van der Waals surface area contributed by atoms with Crippen molar-refractivity contribution in [2.75, 3.05) is 20.8 Å². The largest absolute Gasteiger partial charge is 0.493 e. The van der Waals surface area contributed by atoms with E-state index in [1.54, 1.807) is 20.5 Å². The molecule has 6 heteroatoms. The van der Waals surface area contributed by atoms with Gasteiger partial charge in [0.2, 0.25) is 5.91 Å². The zero-order valence-electron chi connectivity index (χ0n) is 14.3. The van der Waals surface area contributed by atoms with Gasteiger partial charge in [0.05, 0.1) is 38.0 Å². The number of hydrogen-bond donors (Lipinski definition) is 2. The van der Waals surface area contributed by atoms with Gasteiger partial charge in [0.1, 0.15) is 0 Å². The molecule has 130 valence electrons. The molecule has 6 nitrogen and oxygen atoms in total. The molecule has 0 saturated carbocycles. The predicted molar refractivity (Wildman–Crippen MR) is 96.1 cm³/mol. The molecule has 2 aromatic carbocycles.